The van der Waals surface area contributed by atoms with Gasteiger partial charge in [0.25, 0.3) is 0 Å². The Morgan fingerprint density at radius 2 is 2.29 bits per heavy atom. The largest absolute Gasteiger partial charge is 0.236 e. The number of benzene rings is 1. The van der Waals surface area contributed by atoms with Crippen LogP contribution in [-0.2, 0) is 0 Å². The molecule has 0 saturated carbocycles. The van der Waals surface area contributed by atoms with Crippen molar-refractivity contribution in [1.82, 2.24) is 9.97 Å². The molecular weight excluding hydrogens is 238 g/mol. The van der Waals surface area contributed by atoms with Gasteiger partial charge in [-0.15, -0.1) is 0 Å². The lowest BCUT2D eigenvalue weighted by Gasteiger charge is -1.99. The van der Waals surface area contributed by atoms with Crippen molar-refractivity contribution in [2.24, 2.45) is 5.11 Å². The fourth-order valence-electron chi connectivity index (χ4n) is 1.42. The molecule has 5 nitrogen and oxygen atoms in total. The summed E-state index contributed by atoms with van der Waals surface area (Å²) in [4.78, 5) is 10.7. The number of hydrogen-bond acceptors (Lipinski definition) is 3. The molecule has 0 radical (unpaired) electrons. The minimum Gasteiger partial charge on any atom is -0.236 e. The van der Waals surface area contributed by atoms with Crippen LogP contribution in [0.15, 0.2) is 35.7 Å². The van der Waals surface area contributed by atoms with E-state index >= 15 is 0 Å². The average molecular weight is 246 g/mol. The van der Waals surface area contributed by atoms with E-state index in [4.69, 9.17) is 17.1 Å². The van der Waals surface area contributed by atoms with Gasteiger partial charge in [0, 0.05) is 16.8 Å². The van der Waals surface area contributed by atoms with Crippen molar-refractivity contribution in [3.05, 3.63) is 51.8 Å². The number of hydrogen-bond donors (Lipinski definition) is 0. The maximum absolute atomic E-state index is 8.13. The summed E-state index contributed by atoms with van der Waals surface area (Å²) in [7, 11) is 0. The van der Waals surface area contributed by atoms with E-state index < -0.39 is 0 Å². The molecule has 0 amide bonds. The molecule has 84 valence electrons. The van der Waals surface area contributed by atoms with Crippen molar-refractivity contribution in [2.75, 3.05) is 6.54 Å². The third kappa shape index (κ3) is 2.72. The van der Waals surface area contributed by atoms with E-state index in [1.807, 2.05) is 24.3 Å². The standard InChI is InChI=1S/C11H8ClN5/c12-11-9-4-3-8(2-1-5-16-17-13)6-10(9)14-7-15-11/h1-4,6-7H,5H2. The van der Waals surface area contributed by atoms with E-state index in [1.165, 1.54) is 6.33 Å². The highest BCUT2D eigenvalue weighted by atomic mass is 35.5. The van der Waals surface area contributed by atoms with Crippen LogP contribution in [0, 0.1) is 0 Å². The lowest BCUT2D eigenvalue weighted by molar-refractivity contribution is 1.22. The van der Waals surface area contributed by atoms with Crippen LogP contribution in [0.25, 0.3) is 27.4 Å². The topological polar surface area (TPSA) is 74.5 Å². The highest BCUT2D eigenvalue weighted by molar-refractivity contribution is 6.34. The van der Waals surface area contributed by atoms with Gasteiger partial charge in [-0.1, -0.05) is 34.9 Å². The third-order valence-corrected chi connectivity index (χ3v) is 2.47. The van der Waals surface area contributed by atoms with Gasteiger partial charge in [0.2, 0.25) is 0 Å². The van der Waals surface area contributed by atoms with Crippen LogP contribution >= 0.6 is 11.6 Å². The van der Waals surface area contributed by atoms with Gasteiger partial charge in [0.05, 0.1) is 5.52 Å². The fraction of sp³-hybridized carbons (Fsp3) is 0.0909. The Balaban J connectivity index is 2.32. The molecule has 0 N–H and O–H groups in total. The maximum atomic E-state index is 8.13. The van der Waals surface area contributed by atoms with Crippen LogP contribution in [0.3, 0.4) is 0 Å². The van der Waals surface area contributed by atoms with E-state index in [0.717, 1.165) is 16.5 Å². The van der Waals surface area contributed by atoms with Crippen molar-refractivity contribution in [1.29, 1.82) is 0 Å². The SMILES string of the molecule is [N-]=[N+]=NCC=Cc1ccc2c(Cl)ncnc2c1. The molecule has 0 fully saturated rings. The quantitative estimate of drug-likeness (QED) is 0.359. The Morgan fingerprint density at radius 3 is 3.12 bits per heavy atom. The molecule has 0 aliphatic heterocycles. The predicted octanol–water partition coefficient (Wildman–Crippen LogP) is 3.61. The molecule has 6 heteroatoms. The molecule has 0 bridgehead atoms. The smallest absolute Gasteiger partial charge is 0.140 e. The van der Waals surface area contributed by atoms with Crippen molar-refractivity contribution in [2.45, 2.75) is 0 Å². The molecule has 0 saturated heterocycles. The lowest BCUT2D eigenvalue weighted by Crippen LogP contribution is -1.84. The van der Waals surface area contributed by atoms with Crippen LogP contribution in [0.1, 0.15) is 5.56 Å². The van der Waals surface area contributed by atoms with Gasteiger partial charge < -0.3 is 0 Å². The Labute approximate surface area is 102 Å². The first-order chi connectivity index (χ1) is 8.31. The van der Waals surface area contributed by atoms with Crippen molar-refractivity contribution in [3.8, 4) is 0 Å². The summed E-state index contributed by atoms with van der Waals surface area (Å²) >= 11 is 5.93. The van der Waals surface area contributed by atoms with Crippen molar-refractivity contribution >= 4 is 28.6 Å². The zero-order chi connectivity index (χ0) is 12.1. The molecule has 1 aromatic heterocycles. The van der Waals surface area contributed by atoms with Gasteiger partial charge in [-0.25, -0.2) is 9.97 Å². The Morgan fingerprint density at radius 1 is 1.41 bits per heavy atom. The summed E-state index contributed by atoms with van der Waals surface area (Å²) in [5, 5.41) is 4.68. The van der Waals surface area contributed by atoms with Gasteiger partial charge >= 0.3 is 0 Å². The first-order valence-electron chi connectivity index (χ1n) is 4.89. The number of fused-ring (bicyclic) bond motifs is 1. The zero-order valence-electron chi connectivity index (χ0n) is 8.79. The van der Waals surface area contributed by atoms with E-state index in [0.29, 0.717) is 11.7 Å². The Bertz CT molecular complexity index is 616. The normalized spacial score (nSPS) is 10.6. The Kier molecular flexibility index (Phi) is 3.55. The van der Waals surface area contributed by atoms with Gasteiger partial charge in [-0.05, 0) is 23.2 Å². The zero-order valence-corrected chi connectivity index (χ0v) is 9.54. The van der Waals surface area contributed by atoms with Crippen molar-refractivity contribution < 1.29 is 0 Å². The van der Waals surface area contributed by atoms with Gasteiger partial charge in [0.1, 0.15) is 11.5 Å². The highest BCUT2D eigenvalue weighted by Gasteiger charge is 2.00. The number of nitrogens with zero attached hydrogens (tertiary/aromatic N) is 5. The molecular formula is C11H8ClN5. The molecule has 2 aromatic rings. The van der Waals surface area contributed by atoms with Crippen LogP contribution in [0.2, 0.25) is 5.15 Å². The van der Waals surface area contributed by atoms with Crippen LogP contribution in [0.5, 0.6) is 0 Å². The molecule has 0 spiro atoms. The second kappa shape index (κ2) is 5.30. The van der Waals surface area contributed by atoms with Gasteiger partial charge in [0.15, 0.2) is 0 Å². The number of halogens is 1. The summed E-state index contributed by atoms with van der Waals surface area (Å²) in [6, 6.07) is 5.67. The molecule has 0 aliphatic carbocycles. The van der Waals surface area contributed by atoms with Crippen molar-refractivity contribution in [3.63, 3.8) is 0 Å². The fourth-order valence-corrected chi connectivity index (χ4v) is 1.62. The third-order valence-electron chi connectivity index (χ3n) is 2.17. The summed E-state index contributed by atoms with van der Waals surface area (Å²) in [5.74, 6) is 0. The summed E-state index contributed by atoms with van der Waals surface area (Å²) in [6.45, 7) is 0.332. The average Bonchev–Trinajstić information content (AvgIpc) is 2.35. The van der Waals surface area contributed by atoms with Gasteiger partial charge in [-0.2, -0.15) is 0 Å². The molecule has 1 aromatic carbocycles. The second-order valence-corrected chi connectivity index (χ2v) is 3.61. The predicted molar refractivity (Wildman–Crippen MR) is 67.6 cm³/mol. The van der Waals surface area contributed by atoms with E-state index in [9.17, 15) is 0 Å². The first-order valence-corrected chi connectivity index (χ1v) is 5.27. The van der Waals surface area contributed by atoms with Crippen LogP contribution in [-0.4, -0.2) is 16.5 Å². The summed E-state index contributed by atoms with van der Waals surface area (Å²) in [5.41, 5.74) is 9.89. The minimum absolute atomic E-state index is 0.332. The van der Waals surface area contributed by atoms with E-state index in [1.54, 1.807) is 6.08 Å². The first kappa shape index (κ1) is 11.4. The molecule has 17 heavy (non-hydrogen) atoms. The number of rotatable bonds is 3. The monoisotopic (exact) mass is 245 g/mol. The number of azide groups is 1. The summed E-state index contributed by atoms with van der Waals surface area (Å²) < 4.78 is 0. The Hall–Kier alpha value is -2.10. The maximum Gasteiger partial charge on any atom is 0.140 e. The molecule has 0 atom stereocenters. The van der Waals surface area contributed by atoms with Gasteiger partial charge in [-0.3, -0.25) is 0 Å². The minimum atomic E-state index is 0.332. The molecule has 0 unspecified atom stereocenters. The summed E-state index contributed by atoms with van der Waals surface area (Å²) in [6.07, 6.45) is 5.08. The lowest BCUT2D eigenvalue weighted by atomic mass is 10.1. The second-order valence-electron chi connectivity index (χ2n) is 3.26. The van der Waals surface area contributed by atoms with E-state index in [-0.39, 0.29) is 0 Å². The van der Waals surface area contributed by atoms with Crippen LogP contribution < -0.4 is 0 Å². The molecule has 1 heterocycles. The highest BCUT2D eigenvalue weighted by Crippen LogP contribution is 2.20. The molecule has 2 rings (SSSR count). The van der Waals surface area contributed by atoms with Crippen LogP contribution in [0.4, 0.5) is 0 Å². The molecule has 0 aliphatic rings. The number of aromatic nitrogens is 2. The van der Waals surface area contributed by atoms with E-state index in [2.05, 4.69) is 20.0 Å².